The van der Waals surface area contributed by atoms with E-state index in [0.717, 1.165) is 6.07 Å². The molecule has 0 aliphatic heterocycles. The number of phenolic OH excluding ortho intramolecular Hbond substituents is 2. The van der Waals surface area contributed by atoms with E-state index in [1.54, 1.807) is 6.92 Å². The number of phenols is 2. The van der Waals surface area contributed by atoms with E-state index in [4.69, 9.17) is 10.2 Å². The maximum absolute atomic E-state index is 10.9. The fourth-order valence-electron chi connectivity index (χ4n) is 0.952. The molecule has 1 aromatic rings. The molecule has 0 radical (unpaired) electrons. The molecule has 0 aliphatic carbocycles. The summed E-state index contributed by atoms with van der Waals surface area (Å²) >= 11 is 0. The van der Waals surface area contributed by atoms with Crippen molar-refractivity contribution in [2.75, 3.05) is 11.9 Å². The van der Waals surface area contributed by atoms with Crippen LogP contribution in [-0.4, -0.2) is 22.9 Å². The van der Waals surface area contributed by atoms with Crippen LogP contribution in [0.1, 0.15) is 6.92 Å². The van der Waals surface area contributed by atoms with Crippen molar-refractivity contribution < 1.29 is 19.7 Å². The van der Waals surface area contributed by atoms with E-state index < -0.39 is 6.09 Å². The van der Waals surface area contributed by atoms with E-state index in [-0.39, 0.29) is 23.8 Å². The van der Waals surface area contributed by atoms with Crippen LogP contribution < -0.4 is 5.32 Å². The number of hydrogen-bond donors (Lipinski definition) is 3. The third-order valence-corrected chi connectivity index (χ3v) is 1.42. The summed E-state index contributed by atoms with van der Waals surface area (Å²) in [4.78, 5) is 10.9. The zero-order valence-electron chi connectivity index (χ0n) is 7.65. The molecule has 0 spiro atoms. The number of ether oxygens (including phenoxy) is 1. The van der Waals surface area contributed by atoms with E-state index in [0.29, 0.717) is 0 Å². The van der Waals surface area contributed by atoms with Crippen molar-refractivity contribution in [3.8, 4) is 11.5 Å². The lowest BCUT2D eigenvalue weighted by atomic mass is 10.3. The summed E-state index contributed by atoms with van der Waals surface area (Å²) in [7, 11) is 0. The average molecular weight is 197 g/mol. The molecule has 0 saturated heterocycles. The first-order valence-corrected chi connectivity index (χ1v) is 4.08. The van der Waals surface area contributed by atoms with Crippen LogP contribution in [0.25, 0.3) is 0 Å². The Morgan fingerprint density at radius 2 is 1.93 bits per heavy atom. The summed E-state index contributed by atoms with van der Waals surface area (Å²) in [6.45, 7) is 1.94. The van der Waals surface area contributed by atoms with Crippen molar-refractivity contribution in [3.05, 3.63) is 18.2 Å². The number of amides is 1. The van der Waals surface area contributed by atoms with Crippen LogP contribution in [0.15, 0.2) is 18.2 Å². The van der Waals surface area contributed by atoms with Gasteiger partial charge in [-0.2, -0.15) is 0 Å². The lowest BCUT2D eigenvalue weighted by Crippen LogP contribution is -2.12. The summed E-state index contributed by atoms with van der Waals surface area (Å²) in [6, 6.07) is 3.77. The van der Waals surface area contributed by atoms with Crippen molar-refractivity contribution in [3.63, 3.8) is 0 Å². The standard InChI is InChI=1S/C9H11NO4/c1-2-14-9(13)10-6-3-7(11)5-8(12)4-6/h3-5,11-12H,2H2,1H3,(H,10,13). The van der Waals surface area contributed by atoms with Crippen LogP contribution in [0.4, 0.5) is 10.5 Å². The molecule has 3 N–H and O–H groups in total. The average Bonchev–Trinajstić information content (AvgIpc) is 2.01. The van der Waals surface area contributed by atoms with Gasteiger partial charge in [0.1, 0.15) is 11.5 Å². The Kier molecular flexibility index (Phi) is 3.17. The summed E-state index contributed by atoms with van der Waals surface area (Å²) in [5.41, 5.74) is 0.279. The molecular formula is C9H11NO4. The van der Waals surface area contributed by atoms with Gasteiger partial charge in [-0.05, 0) is 6.92 Å². The van der Waals surface area contributed by atoms with E-state index in [2.05, 4.69) is 10.1 Å². The Bertz CT molecular complexity index is 317. The monoisotopic (exact) mass is 197 g/mol. The normalized spacial score (nSPS) is 9.50. The second-order valence-corrected chi connectivity index (χ2v) is 2.58. The second-order valence-electron chi connectivity index (χ2n) is 2.58. The van der Waals surface area contributed by atoms with Gasteiger partial charge in [0.25, 0.3) is 0 Å². The van der Waals surface area contributed by atoms with E-state index >= 15 is 0 Å². The lowest BCUT2D eigenvalue weighted by molar-refractivity contribution is 0.168. The van der Waals surface area contributed by atoms with Gasteiger partial charge < -0.3 is 14.9 Å². The third-order valence-electron chi connectivity index (χ3n) is 1.42. The molecule has 1 amide bonds. The Labute approximate surface area is 80.9 Å². The predicted molar refractivity (Wildman–Crippen MR) is 50.4 cm³/mol. The van der Waals surface area contributed by atoms with Crippen LogP contribution in [0.2, 0.25) is 0 Å². The minimum Gasteiger partial charge on any atom is -0.508 e. The summed E-state index contributed by atoms with van der Waals surface area (Å²) in [5.74, 6) is -0.256. The van der Waals surface area contributed by atoms with E-state index in [1.165, 1.54) is 12.1 Å². The van der Waals surface area contributed by atoms with Gasteiger partial charge in [-0.15, -0.1) is 0 Å². The number of aromatic hydroxyl groups is 2. The van der Waals surface area contributed by atoms with Gasteiger partial charge in [0.2, 0.25) is 0 Å². The molecule has 0 unspecified atom stereocenters. The maximum atomic E-state index is 10.9. The third kappa shape index (κ3) is 2.85. The highest BCUT2D eigenvalue weighted by Gasteiger charge is 2.03. The van der Waals surface area contributed by atoms with Gasteiger partial charge in [0, 0.05) is 18.2 Å². The molecule has 0 fully saturated rings. The molecule has 5 heteroatoms. The van der Waals surface area contributed by atoms with Gasteiger partial charge in [-0.3, -0.25) is 5.32 Å². The molecule has 0 aliphatic rings. The Morgan fingerprint density at radius 3 is 2.43 bits per heavy atom. The zero-order valence-corrected chi connectivity index (χ0v) is 7.65. The predicted octanol–water partition coefficient (Wildman–Crippen LogP) is 1.67. The molecular weight excluding hydrogens is 186 g/mol. The Morgan fingerprint density at radius 1 is 1.36 bits per heavy atom. The molecule has 1 aromatic carbocycles. The minimum atomic E-state index is -0.627. The molecule has 0 saturated carbocycles. The number of nitrogens with one attached hydrogen (secondary N) is 1. The number of carbonyl (C=O) groups excluding carboxylic acids is 1. The lowest BCUT2D eigenvalue weighted by Gasteiger charge is -2.05. The summed E-state index contributed by atoms with van der Waals surface area (Å²) in [6.07, 6.45) is -0.627. The summed E-state index contributed by atoms with van der Waals surface area (Å²) in [5, 5.41) is 20.5. The van der Waals surface area contributed by atoms with Gasteiger partial charge >= 0.3 is 6.09 Å². The number of anilines is 1. The molecule has 0 aromatic heterocycles. The fraction of sp³-hybridized carbons (Fsp3) is 0.222. The molecule has 14 heavy (non-hydrogen) atoms. The van der Waals surface area contributed by atoms with Crippen LogP contribution in [0.3, 0.4) is 0 Å². The highest BCUT2D eigenvalue weighted by molar-refractivity contribution is 5.85. The highest BCUT2D eigenvalue weighted by Crippen LogP contribution is 2.23. The van der Waals surface area contributed by atoms with Gasteiger partial charge in [-0.25, -0.2) is 4.79 Å². The quantitative estimate of drug-likeness (QED) is 0.673. The van der Waals surface area contributed by atoms with E-state index in [9.17, 15) is 4.79 Å². The van der Waals surface area contributed by atoms with Crippen LogP contribution in [-0.2, 0) is 4.74 Å². The zero-order chi connectivity index (χ0) is 10.6. The van der Waals surface area contributed by atoms with Crippen molar-refractivity contribution >= 4 is 11.8 Å². The van der Waals surface area contributed by atoms with E-state index in [1.807, 2.05) is 0 Å². The Balaban J connectivity index is 2.71. The topological polar surface area (TPSA) is 78.8 Å². The largest absolute Gasteiger partial charge is 0.508 e. The Hall–Kier alpha value is -1.91. The number of hydrogen-bond acceptors (Lipinski definition) is 4. The van der Waals surface area contributed by atoms with Crippen molar-refractivity contribution in [1.29, 1.82) is 0 Å². The second kappa shape index (κ2) is 4.36. The molecule has 5 nitrogen and oxygen atoms in total. The van der Waals surface area contributed by atoms with Crippen molar-refractivity contribution in [2.24, 2.45) is 0 Å². The first kappa shape index (κ1) is 10.2. The molecule has 0 bridgehead atoms. The molecule has 76 valence electrons. The first-order valence-electron chi connectivity index (χ1n) is 4.08. The van der Waals surface area contributed by atoms with Crippen molar-refractivity contribution in [2.45, 2.75) is 6.92 Å². The minimum absolute atomic E-state index is 0.128. The van der Waals surface area contributed by atoms with Gasteiger partial charge in [0.15, 0.2) is 0 Å². The number of rotatable bonds is 2. The van der Waals surface area contributed by atoms with Gasteiger partial charge in [-0.1, -0.05) is 0 Å². The maximum Gasteiger partial charge on any atom is 0.411 e. The number of carbonyl (C=O) groups is 1. The van der Waals surface area contributed by atoms with Gasteiger partial charge in [0.05, 0.1) is 12.3 Å². The molecule has 1 rings (SSSR count). The van der Waals surface area contributed by atoms with Crippen LogP contribution in [0, 0.1) is 0 Å². The summed E-state index contributed by atoms with van der Waals surface area (Å²) < 4.78 is 4.61. The van der Waals surface area contributed by atoms with Crippen LogP contribution in [0.5, 0.6) is 11.5 Å². The smallest absolute Gasteiger partial charge is 0.411 e. The van der Waals surface area contributed by atoms with Crippen molar-refractivity contribution in [1.82, 2.24) is 0 Å². The SMILES string of the molecule is CCOC(=O)Nc1cc(O)cc(O)c1. The molecule has 0 atom stereocenters. The highest BCUT2D eigenvalue weighted by atomic mass is 16.5. The first-order chi connectivity index (χ1) is 6.61. The van der Waals surface area contributed by atoms with Crippen LogP contribution >= 0.6 is 0 Å². The number of benzene rings is 1. The fourth-order valence-corrected chi connectivity index (χ4v) is 0.952. The molecule has 0 heterocycles.